The van der Waals surface area contributed by atoms with Crippen molar-refractivity contribution in [1.29, 1.82) is 0 Å². The van der Waals surface area contributed by atoms with Gasteiger partial charge in [0, 0.05) is 38.7 Å². The highest BCUT2D eigenvalue weighted by Gasteiger charge is 2.30. The lowest BCUT2D eigenvalue weighted by Gasteiger charge is -2.19. The van der Waals surface area contributed by atoms with E-state index in [2.05, 4.69) is 89.5 Å². The number of fused-ring (bicyclic) bond motifs is 5. The van der Waals surface area contributed by atoms with Crippen LogP contribution in [0, 0.1) is 0 Å². The monoisotopic (exact) mass is 525 g/mol. The molecule has 0 amide bonds. The Morgan fingerprint density at radius 2 is 0.829 bits per heavy atom. The van der Waals surface area contributed by atoms with Gasteiger partial charge in [0.15, 0.2) is 11.6 Å². The van der Waals surface area contributed by atoms with Crippen LogP contribution in [0.1, 0.15) is 31.8 Å². The zero-order valence-electron chi connectivity index (χ0n) is 22.0. The summed E-state index contributed by atoms with van der Waals surface area (Å²) in [6, 6.07) is 46.6. The van der Waals surface area contributed by atoms with Gasteiger partial charge in [-0.2, -0.15) is 0 Å². The lowest BCUT2D eigenvalue weighted by Crippen LogP contribution is -2.21. The molecule has 0 bridgehead atoms. The van der Waals surface area contributed by atoms with Gasteiger partial charge in [0.2, 0.25) is 0 Å². The van der Waals surface area contributed by atoms with Crippen LogP contribution in [0.3, 0.4) is 0 Å². The van der Waals surface area contributed by atoms with E-state index in [9.17, 15) is 9.59 Å². The van der Waals surface area contributed by atoms with Crippen molar-refractivity contribution in [2.75, 3.05) is 0 Å². The number of nitrogens with zero attached hydrogens (tertiary/aromatic N) is 1. The van der Waals surface area contributed by atoms with Crippen molar-refractivity contribution in [2.45, 2.75) is 0 Å². The summed E-state index contributed by atoms with van der Waals surface area (Å²) in [4.78, 5) is 26.8. The SMILES string of the molecule is O=C1c2ccccc2C(=O)c2cc(-n3c4ccc(-c5ccccc5)cc4c4cc(-c5ccccc5)ccc43)ccc21. The summed E-state index contributed by atoms with van der Waals surface area (Å²) in [7, 11) is 0. The van der Waals surface area contributed by atoms with Crippen LogP contribution < -0.4 is 0 Å². The van der Waals surface area contributed by atoms with Gasteiger partial charge in [0.25, 0.3) is 0 Å². The fourth-order valence-corrected chi connectivity index (χ4v) is 6.15. The van der Waals surface area contributed by atoms with E-state index >= 15 is 0 Å². The molecule has 0 fully saturated rings. The largest absolute Gasteiger partial charge is 0.309 e. The molecule has 0 aliphatic heterocycles. The van der Waals surface area contributed by atoms with Gasteiger partial charge >= 0.3 is 0 Å². The fraction of sp³-hybridized carbons (Fsp3) is 0. The predicted molar refractivity (Wildman–Crippen MR) is 165 cm³/mol. The lowest BCUT2D eigenvalue weighted by molar-refractivity contribution is 0.0979. The Labute approximate surface area is 236 Å². The van der Waals surface area contributed by atoms with E-state index in [4.69, 9.17) is 0 Å². The summed E-state index contributed by atoms with van der Waals surface area (Å²) in [5, 5.41) is 2.26. The average molecular weight is 526 g/mol. The topological polar surface area (TPSA) is 39.1 Å². The molecular formula is C38H23NO2. The van der Waals surface area contributed by atoms with E-state index in [1.165, 1.54) is 0 Å². The molecule has 0 unspecified atom stereocenters. The van der Waals surface area contributed by atoms with E-state index < -0.39 is 0 Å². The first-order chi connectivity index (χ1) is 20.2. The molecule has 0 radical (unpaired) electrons. The van der Waals surface area contributed by atoms with E-state index in [1.807, 2.05) is 24.3 Å². The molecule has 0 spiro atoms. The minimum atomic E-state index is -0.115. The Morgan fingerprint density at radius 3 is 1.37 bits per heavy atom. The number of rotatable bonds is 3. The summed E-state index contributed by atoms with van der Waals surface area (Å²) < 4.78 is 2.20. The van der Waals surface area contributed by atoms with E-state index in [0.29, 0.717) is 22.3 Å². The third kappa shape index (κ3) is 3.60. The van der Waals surface area contributed by atoms with E-state index in [1.54, 1.807) is 30.3 Å². The highest BCUT2D eigenvalue weighted by atomic mass is 16.1. The van der Waals surface area contributed by atoms with Crippen molar-refractivity contribution in [2.24, 2.45) is 0 Å². The van der Waals surface area contributed by atoms with Gasteiger partial charge in [-0.3, -0.25) is 9.59 Å². The molecule has 0 N–H and O–H groups in total. The summed E-state index contributed by atoms with van der Waals surface area (Å²) in [5.41, 5.74) is 9.37. The maximum absolute atomic E-state index is 13.5. The third-order valence-corrected chi connectivity index (χ3v) is 8.15. The van der Waals surface area contributed by atoms with Gasteiger partial charge in [-0.15, -0.1) is 0 Å². The van der Waals surface area contributed by atoms with Crippen LogP contribution in [0.2, 0.25) is 0 Å². The zero-order chi connectivity index (χ0) is 27.5. The molecule has 3 nitrogen and oxygen atoms in total. The van der Waals surface area contributed by atoms with Crippen molar-refractivity contribution < 1.29 is 9.59 Å². The highest BCUT2D eigenvalue weighted by molar-refractivity contribution is 6.28. The van der Waals surface area contributed by atoms with Crippen LogP contribution in [-0.2, 0) is 0 Å². The van der Waals surface area contributed by atoms with Crippen LogP contribution in [-0.4, -0.2) is 16.1 Å². The average Bonchev–Trinajstić information content (AvgIpc) is 3.37. The second-order valence-corrected chi connectivity index (χ2v) is 10.5. The Bertz CT molecular complexity index is 2080. The van der Waals surface area contributed by atoms with Crippen LogP contribution in [0.25, 0.3) is 49.7 Å². The molecule has 1 aromatic heterocycles. The van der Waals surface area contributed by atoms with Crippen molar-refractivity contribution >= 4 is 33.4 Å². The number of aromatic nitrogens is 1. The van der Waals surface area contributed by atoms with Crippen molar-refractivity contribution in [3.63, 3.8) is 0 Å². The minimum Gasteiger partial charge on any atom is -0.309 e. The van der Waals surface area contributed by atoms with Crippen molar-refractivity contribution in [3.8, 4) is 27.9 Å². The normalized spacial score (nSPS) is 12.5. The quantitative estimate of drug-likeness (QED) is 0.231. The van der Waals surface area contributed by atoms with Gasteiger partial charge in [-0.05, 0) is 64.7 Å². The zero-order valence-corrected chi connectivity index (χ0v) is 22.0. The molecule has 6 aromatic carbocycles. The van der Waals surface area contributed by atoms with Crippen LogP contribution in [0.4, 0.5) is 0 Å². The second kappa shape index (κ2) is 9.00. The van der Waals surface area contributed by atoms with Gasteiger partial charge in [-0.1, -0.05) is 97.1 Å². The predicted octanol–water partition coefficient (Wildman–Crippen LogP) is 8.89. The molecule has 1 heterocycles. The maximum atomic E-state index is 13.5. The van der Waals surface area contributed by atoms with Crippen molar-refractivity contribution in [3.05, 3.63) is 162 Å². The highest BCUT2D eigenvalue weighted by Crippen LogP contribution is 2.38. The molecule has 3 heteroatoms. The molecule has 8 rings (SSSR count). The summed E-state index contributed by atoms with van der Waals surface area (Å²) in [5.74, 6) is -0.223. The Hall–Kier alpha value is -5.54. The van der Waals surface area contributed by atoms with Gasteiger partial charge in [0.05, 0.1) is 11.0 Å². The first kappa shape index (κ1) is 23.4. The maximum Gasteiger partial charge on any atom is 0.194 e. The summed E-state index contributed by atoms with van der Waals surface area (Å²) in [6.45, 7) is 0. The number of benzene rings is 6. The molecule has 1 aliphatic rings. The van der Waals surface area contributed by atoms with Crippen LogP contribution in [0.15, 0.2) is 140 Å². The van der Waals surface area contributed by atoms with E-state index in [-0.39, 0.29) is 11.6 Å². The molecule has 0 saturated carbocycles. The van der Waals surface area contributed by atoms with Gasteiger partial charge in [-0.25, -0.2) is 0 Å². The first-order valence-corrected chi connectivity index (χ1v) is 13.7. The summed E-state index contributed by atoms with van der Waals surface area (Å²) in [6.07, 6.45) is 0. The number of hydrogen-bond acceptors (Lipinski definition) is 2. The van der Waals surface area contributed by atoms with Gasteiger partial charge in [0.1, 0.15) is 0 Å². The minimum absolute atomic E-state index is 0.107. The van der Waals surface area contributed by atoms with Crippen LogP contribution in [0.5, 0.6) is 0 Å². The summed E-state index contributed by atoms with van der Waals surface area (Å²) >= 11 is 0. The Morgan fingerprint density at radius 1 is 0.366 bits per heavy atom. The molecule has 1 aliphatic carbocycles. The van der Waals surface area contributed by atoms with Gasteiger partial charge < -0.3 is 4.57 Å². The van der Waals surface area contributed by atoms with Crippen molar-refractivity contribution in [1.82, 2.24) is 4.57 Å². The third-order valence-electron chi connectivity index (χ3n) is 8.15. The van der Waals surface area contributed by atoms with Crippen LogP contribution >= 0.6 is 0 Å². The standard InChI is InChI=1S/C38H23NO2/c40-37-29-13-7-8-14-30(29)38(41)34-23-28(17-18-31(34)37)39-35-19-15-26(24-9-3-1-4-10-24)21-32(35)33-22-27(16-20-36(33)39)25-11-5-2-6-12-25/h1-23H. The van der Waals surface area contributed by atoms with E-state index in [0.717, 1.165) is 49.7 Å². The smallest absolute Gasteiger partial charge is 0.194 e. The molecule has 0 saturated heterocycles. The Kier molecular flexibility index (Phi) is 5.13. The molecule has 0 atom stereocenters. The molecule has 192 valence electrons. The Balaban J connectivity index is 1.38. The molecule has 41 heavy (non-hydrogen) atoms. The number of ketones is 2. The molecule has 7 aromatic rings. The lowest BCUT2D eigenvalue weighted by atomic mass is 9.84. The fourth-order valence-electron chi connectivity index (χ4n) is 6.15. The number of carbonyl (C=O) groups is 2. The number of carbonyl (C=O) groups excluding carboxylic acids is 2. The molecular weight excluding hydrogens is 502 g/mol. The number of hydrogen-bond donors (Lipinski definition) is 0. The second-order valence-electron chi connectivity index (χ2n) is 10.5. The first-order valence-electron chi connectivity index (χ1n) is 13.7.